The topological polar surface area (TPSA) is 88.2 Å². The monoisotopic (exact) mass is 291 g/mol. The van der Waals surface area contributed by atoms with Crippen LogP contribution in [0.1, 0.15) is 19.3 Å². The van der Waals surface area contributed by atoms with E-state index >= 15 is 0 Å². The Morgan fingerprint density at radius 2 is 2.19 bits per heavy atom. The molecule has 0 aromatic heterocycles. The summed E-state index contributed by atoms with van der Waals surface area (Å²) in [6.45, 7) is 1.59. The zero-order valence-electron chi connectivity index (χ0n) is 11.9. The van der Waals surface area contributed by atoms with E-state index in [0.717, 1.165) is 25.1 Å². The van der Waals surface area contributed by atoms with Gasteiger partial charge in [-0.15, -0.1) is 0 Å². The molecule has 1 atom stereocenters. The number of nitrogens with zero attached hydrogens (tertiary/aromatic N) is 2. The number of amidine groups is 1. The highest BCUT2D eigenvalue weighted by atomic mass is 16.5. The van der Waals surface area contributed by atoms with Gasteiger partial charge >= 0.3 is 0 Å². The van der Waals surface area contributed by atoms with Crippen molar-refractivity contribution in [2.45, 2.75) is 19.3 Å². The van der Waals surface area contributed by atoms with Gasteiger partial charge in [0.25, 0.3) is 0 Å². The van der Waals surface area contributed by atoms with Gasteiger partial charge in [-0.25, -0.2) is 0 Å². The van der Waals surface area contributed by atoms with Gasteiger partial charge < -0.3 is 20.6 Å². The lowest BCUT2D eigenvalue weighted by Crippen LogP contribution is -2.44. The van der Waals surface area contributed by atoms with Gasteiger partial charge in [-0.05, 0) is 25.0 Å². The van der Waals surface area contributed by atoms with Crippen LogP contribution in [0.15, 0.2) is 35.5 Å². The molecular formula is C15H21N3O3. The first kappa shape index (κ1) is 15.2. The van der Waals surface area contributed by atoms with E-state index in [-0.39, 0.29) is 17.7 Å². The second-order valence-electron chi connectivity index (χ2n) is 5.12. The fourth-order valence-corrected chi connectivity index (χ4v) is 2.46. The number of rotatable bonds is 5. The number of hydrogen-bond acceptors (Lipinski definition) is 4. The van der Waals surface area contributed by atoms with Crippen LogP contribution in [0.2, 0.25) is 0 Å². The van der Waals surface area contributed by atoms with Gasteiger partial charge in [0.1, 0.15) is 11.6 Å². The Bertz CT molecular complexity index is 490. The minimum absolute atomic E-state index is 0.0429. The highest BCUT2D eigenvalue weighted by molar-refractivity contribution is 5.84. The van der Waals surface area contributed by atoms with Crippen molar-refractivity contribution >= 4 is 11.7 Å². The molecule has 3 N–H and O–H groups in total. The first-order valence-electron chi connectivity index (χ1n) is 7.13. The summed E-state index contributed by atoms with van der Waals surface area (Å²) < 4.78 is 5.53. The average molecular weight is 291 g/mol. The molecule has 6 heteroatoms. The molecule has 1 aliphatic heterocycles. The maximum atomic E-state index is 12.1. The second-order valence-corrected chi connectivity index (χ2v) is 5.12. The summed E-state index contributed by atoms with van der Waals surface area (Å²) >= 11 is 0. The molecule has 0 radical (unpaired) electrons. The summed E-state index contributed by atoms with van der Waals surface area (Å²) in [6, 6.07) is 9.42. The smallest absolute Gasteiger partial charge is 0.226 e. The molecule has 1 aromatic carbocycles. The average Bonchev–Trinajstić information content (AvgIpc) is 2.55. The normalized spacial score (nSPS) is 19.3. The first-order valence-corrected chi connectivity index (χ1v) is 7.13. The quantitative estimate of drug-likeness (QED) is 0.372. The third-order valence-corrected chi connectivity index (χ3v) is 3.64. The minimum Gasteiger partial charge on any atom is -0.493 e. The van der Waals surface area contributed by atoms with Crippen LogP contribution in [0.3, 0.4) is 0 Å². The van der Waals surface area contributed by atoms with Crippen LogP contribution in [0, 0.1) is 5.92 Å². The molecule has 0 aliphatic carbocycles. The van der Waals surface area contributed by atoms with E-state index in [9.17, 15) is 4.79 Å². The molecule has 0 spiro atoms. The number of hydrogen-bond donors (Lipinski definition) is 2. The number of benzene rings is 1. The maximum Gasteiger partial charge on any atom is 0.226 e. The molecule has 1 amide bonds. The third kappa shape index (κ3) is 4.37. The Morgan fingerprint density at radius 1 is 1.43 bits per heavy atom. The van der Waals surface area contributed by atoms with Crippen LogP contribution < -0.4 is 10.5 Å². The van der Waals surface area contributed by atoms with Crippen molar-refractivity contribution in [1.29, 1.82) is 0 Å². The molecular weight excluding hydrogens is 270 g/mol. The number of para-hydroxylation sites is 1. The molecule has 1 fully saturated rings. The predicted octanol–water partition coefficient (Wildman–Crippen LogP) is 1.44. The van der Waals surface area contributed by atoms with Crippen molar-refractivity contribution in [2.75, 3.05) is 19.7 Å². The molecule has 1 aromatic rings. The van der Waals surface area contributed by atoms with Crippen molar-refractivity contribution < 1.29 is 14.7 Å². The predicted molar refractivity (Wildman–Crippen MR) is 79.3 cm³/mol. The van der Waals surface area contributed by atoms with Crippen LogP contribution in [0.25, 0.3) is 0 Å². The summed E-state index contributed by atoms with van der Waals surface area (Å²) in [4.78, 5) is 13.9. The summed E-state index contributed by atoms with van der Waals surface area (Å²) in [5.74, 6) is 0.954. The Hall–Kier alpha value is -2.24. The van der Waals surface area contributed by atoms with E-state index in [2.05, 4.69) is 5.16 Å². The first-order chi connectivity index (χ1) is 10.2. The Balaban J connectivity index is 1.77. The maximum absolute atomic E-state index is 12.1. The zero-order valence-corrected chi connectivity index (χ0v) is 11.9. The van der Waals surface area contributed by atoms with Gasteiger partial charge in [0.15, 0.2) is 0 Å². The summed E-state index contributed by atoms with van der Waals surface area (Å²) in [7, 11) is 0. The number of ether oxygens (including phenoxy) is 1. The molecule has 1 heterocycles. The van der Waals surface area contributed by atoms with Gasteiger partial charge in [-0.3, -0.25) is 4.79 Å². The van der Waals surface area contributed by atoms with E-state index in [4.69, 9.17) is 15.7 Å². The third-order valence-electron chi connectivity index (χ3n) is 3.64. The van der Waals surface area contributed by atoms with Crippen LogP contribution >= 0.6 is 0 Å². The lowest BCUT2D eigenvalue weighted by molar-refractivity contribution is -0.133. The minimum atomic E-state index is -0.0530. The fraction of sp³-hybridized carbons (Fsp3) is 0.467. The number of carbonyl (C=O) groups is 1. The second kappa shape index (κ2) is 7.52. The van der Waals surface area contributed by atoms with Gasteiger partial charge in [-0.2, -0.15) is 0 Å². The molecule has 1 aliphatic rings. The van der Waals surface area contributed by atoms with Crippen molar-refractivity contribution in [1.82, 2.24) is 4.90 Å². The number of likely N-dealkylation sites (tertiary alicyclic amines) is 1. The Kier molecular flexibility index (Phi) is 5.43. The molecule has 1 unspecified atom stereocenters. The molecule has 2 rings (SSSR count). The van der Waals surface area contributed by atoms with Gasteiger partial charge in [0.05, 0.1) is 13.0 Å². The van der Waals surface area contributed by atoms with Crippen LogP contribution in [0.4, 0.5) is 0 Å². The van der Waals surface area contributed by atoms with E-state index in [1.54, 1.807) is 4.90 Å². The number of piperidine rings is 1. The van der Waals surface area contributed by atoms with E-state index < -0.39 is 0 Å². The van der Waals surface area contributed by atoms with E-state index in [1.807, 2.05) is 30.3 Å². The molecule has 0 bridgehead atoms. The SMILES string of the molecule is NC(=NO)C1CCCN(C(=O)CCOc2ccccc2)C1. The highest BCUT2D eigenvalue weighted by Gasteiger charge is 2.26. The van der Waals surface area contributed by atoms with Crippen molar-refractivity contribution in [3.63, 3.8) is 0 Å². The molecule has 1 saturated heterocycles. The summed E-state index contributed by atoms with van der Waals surface area (Å²) in [5.41, 5.74) is 5.62. The number of nitrogens with two attached hydrogens (primary N) is 1. The summed E-state index contributed by atoms with van der Waals surface area (Å²) in [6.07, 6.45) is 2.05. The Morgan fingerprint density at radius 3 is 2.90 bits per heavy atom. The van der Waals surface area contributed by atoms with Gasteiger partial charge in [0, 0.05) is 19.0 Å². The van der Waals surface area contributed by atoms with E-state index in [1.165, 1.54) is 0 Å². The largest absolute Gasteiger partial charge is 0.493 e. The highest BCUT2D eigenvalue weighted by Crippen LogP contribution is 2.17. The summed E-state index contributed by atoms with van der Waals surface area (Å²) in [5, 5.41) is 11.8. The standard InChI is InChI=1S/C15H21N3O3/c16-15(17-20)12-5-4-9-18(11-12)14(19)8-10-21-13-6-2-1-3-7-13/h1-3,6-7,12,20H,4-5,8-11H2,(H2,16,17). The fourth-order valence-electron chi connectivity index (χ4n) is 2.46. The molecule has 114 valence electrons. The Labute approximate surface area is 124 Å². The zero-order chi connectivity index (χ0) is 15.1. The van der Waals surface area contributed by atoms with Crippen molar-refractivity contribution in [3.05, 3.63) is 30.3 Å². The van der Waals surface area contributed by atoms with Crippen LogP contribution in [-0.4, -0.2) is 41.5 Å². The molecule has 21 heavy (non-hydrogen) atoms. The lowest BCUT2D eigenvalue weighted by atomic mass is 9.97. The number of amides is 1. The van der Waals surface area contributed by atoms with Crippen molar-refractivity contribution in [2.24, 2.45) is 16.8 Å². The van der Waals surface area contributed by atoms with Crippen molar-refractivity contribution in [3.8, 4) is 5.75 Å². The molecule has 0 saturated carbocycles. The number of carbonyl (C=O) groups excluding carboxylic acids is 1. The van der Waals surface area contributed by atoms with Crippen LogP contribution in [0.5, 0.6) is 5.75 Å². The lowest BCUT2D eigenvalue weighted by Gasteiger charge is -2.32. The number of oxime groups is 1. The van der Waals surface area contributed by atoms with E-state index in [0.29, 0.717) is 19.6 Å². The van der Waals surface area contributed by atoms with Crippen LogP contribution in [-0.2, 0) is 4.79 Å². The van der Waals surface area contributed by atoms with Gasteiger partial charge in [0.2, 0.25) is 5.91 Å². The van der Waals surface area contributed by atoms with Gasteiger partial charge in [-0.1, -0.05) is 23.4 Å². The molecule has 6 nitrogen and oxygen atoms in total.